The van der Waals surface area contributed by atoms with Crippen LogP contribution in [0.25, 0.3) is 0 Å². The van der Waals surface area contributed by atoms with Crippen molar-refractivity contribution in [2.24, 2.45) is 5.16 Å². The van der Waals surface area contributed by atoms with Gasteiger partial charge in [0.2, 0.25) is 0 Å². The Morgan fingerprint density at radius 1 is 0.880 bits per heavy atom. The van der Waals surface area contributed by atoms with Gasteiger partial charge < -0.3 is 9.57 Å². The van der Waals surface area contributed by atoms with E-state index in [1.807, 2.05) is 67.6 Å². The van der Waals surface area contributed by atoms with E-state index in [1.54, 1.807) is 0 Å². The molecule has 0 spiro atoms. The number of carbonyl (C=O) groups is 1. The molecule has 0 N–H and O–H groups in total. The Balaban J connectivity index is 1.84. The summed E-state index contributed by atoms with van der Waals surface area (Å²) in [5, 5.41) is 4.35. The smallest absolute Gasteiger partial charge is 0.305 e. The van der Waals surface area contributed by atoms with Gasteiger partial charge in [-0.2, -0.15) is 0 Å². The Morgan fingerprint density at radius 2 is 1.48 bits per heavy atom. The number of benzene rings is 2. The highest BCUT2D eigenvalue weighted by Crippen LogP contribution is 2.11. The van der Waals surface area contributed by atoms with Crippen LogP contribution in [0.5, 0.6) is 0 Å². The molecule has 0 atom stereocenters. The van der Waals surface area contributed by atoms with Gasteiger partial charge in [-0.3, -0.25) is 4.79 Å². The predicted octanol–water partition coefficient (Wildman–Crippen LogP) is 4.58. The second kappa shape index (κ2) is 11.0. The van der Waals surface area contributed by atoms with E-state index in [9.17, 15) is 4.79 Å². The Morgan fingerprint density at radius 3 is 2.04 bits per heavy atom. The predicted molar refractivity (Wildman–Crippen MR) is 99.6 cm³/mol. The molecular formula is C21H25NO3. The van der Waals surface area contributed by atoms with E-state index in [1.165, 1.54) is 0 Å². The van der Waals surface area contributed by atoms with Crippen LogP contribution in [-0.4, -0.2) is 24.9 Å². The normalized spacial score (nSPS) is 10.1. The maximum Gasteiger partial charge on any atom is 0.305 e. The number of oxime groups is 1. The van der Waals surface area contributed by atoms with Crippen LogP contribution < -0.4 is 0 Å². The molecule has 0 aliphatic heterocycles. The molecule has 2 rings (SSSR count). The van der Waals surface area contributed by atoms with Crippen molar-refractivity contribution in [1.82, 2.24) is 0 Å². The molecule has 0 aliphatic rings. The van der Waals surface area contributed by atoms with Gasteiger partial charge in [0.15, 0.2) is 0 Å². The fraction of sp³-hybridized carbons (Fsp3) is 0.333. The lowest BCUT2D eigenvalue weighted by Crippen LogP contribution is -2.05. The second-order valence-electron chi connectivity index (χ2n) is 5.62. The van der Waals surface area contributed by atoms with Crippen molar-refractivity contribution < 1.29 is 14.4 Å². The third-order valence-corrected chi connectivity index (χ3v) is 3.67. The van der Waals surface area contributed by atoms with Crippen molar-refractivity contribution in [1.29, 1.82) is 0 Å². The van der Waals surface area contributed by atoms with Crippen molar-refractivity contribution in [3.8, 4) is 0 Å². The summed E-state index contributed by atoms with van der Waals surface area (Å²) in [5.41, 5.74) is 2.87. The average molecular weight is 339 g/mol. The van der Waals surface area contributed by atoms with Crippen LogP contribution in [0.15, 0.2) is 65.8 Å². The second-order valence-corrected chi connectivity index (χ2v) is 5.62. The Bertz CT molecular complexity index is 612. The summed E-state index contributed by atoms with van der Waals surface area (Å²) in [6, 6.07) is 20.0. The van der Waals surface area contributed by atoms with Gasteiger partial charge in [0.1, 0.15) is 12.3 Å². The molecule has 0 amide bonds. The highest BCUT2D eigenvalue weighted by molar-refractivity contribution is 6.12. The maximum atomic E-state index is 11.3. The molecule has 0 bridgehead atoms. The molecule has 2 aromatic rings. The van der Waals surface area contributed by atoms with Gasteiger partial charge in [-0.25, -0.2) is 0 Å². The molecular weight excluding hydrogens is 314 g/mol. The van der Waals surface area contributed by atoms with Crippen molar-refractivity contribution in [2.75, 3.05) is 13.2 Å². The number of unbranched alkanes of at least 4 members (excludes halogenated alkanes) is 2. The summed E-state index contributed by atoms with van der Waals surface area (Å²) >= 11 is 0. The van der Waals surface area contributed by atoms with E-state index in [0.29, 0.717) is 19.6 Å². The quantitative estimate of drug-likeness (QED) is 0.275. The summed E-state index contributed by atoms with van der Waals surface area (Å²) in [4.78, 5) is 16.8. The van der Waals surface area contributed by atoms with Crippen molar-refractivity contribution in [3.05, 3.63) is 71.8 Å². The monoisotopic (exact) mass is 339 g/mol. The van der Waals surface area contributed by atoms with Gasteiger partial charge in [0.05, 0.1) is 6.61 Å². The minimum Gasteiger partial charge on any atom is -0.466 e. The number of hydrogen-bond acceptors (Lipinski definition) is 4. The lowest BCUT2D eigenvalue weighted by atomic mass is 10.0. The first-order valence-corrected chi connectivity index (χ1v) is 8.77. The fourth-order valence-electron chi connectivity index (χ4n) is 2.42. The SMILES string of the molecule is CCOC(=O)CCCCCON=C(c1ccccc1)c1ccccc1. The molecule has 0 fully saturated rings. The van der Waals surface area contributed by atoms with Crippen LogP contribution in [0.4, 0.5) is 0 Å². The third-order valence-electron chi connectivity index (χ3n) is 3.67. The van der Waals surface area contributed by atoms with Crippen LogP contribution in [0.1, 0.15) is 43.7 Å². The van der Waals surface area contributed by atoms with E-state index in [-0.39, 0.29) is 5.97 Å². The molecule has 0 aromatic heterocycles. The van der Waals surface area contributed by atoms with Crippen molar-refractivity contribution >= 4 is 11.7 Å². The highest BCUT2D eigenvalue weighted by atomic mass is 16.6. The van der Waals surface area contributed by atoms with Crippen molar-refractivity contribution in [3.63, 3.8) is 0 Å². The first-order valence-electron chi connectivity index (χ1n) is 8.77. The van der Waals surface area contributed by atoms with Gasteiger partial charge in [-0.1, -0.05) is 65.8 Å². The Labute approximate surface area is 149 Å². The van der Waals surface area contributed by atoms with E-state index < -0.39 is 0 Å². The first kappa shape index (κ1) is 18.7. The Hall–Kier alpha value is -2.62. The van der Waals surface area contributed by atoms with E-state index in [2.05, 4.69) is 5.16 Å². The van der Waals surface area contributed by atoms with Gasteiger partial charge in [0.25, 0.3) is 0 Å². The van der Waals surface area contributed by atoms with Crippen LogP contribution in [0.3, 0.4) is 0 Å². The number of hydrogen-bond donors (Lipinski definition) is 0. The number of esters is 1. The van der Waals surface area contributed by atoms with Gasteiger partial charge >= 0.3 is 5.97 Å². The zero-order chi connectivity index (χ0) is 17.7. The summed E-state index contributed by atoms with van der Waals surface area (Å²) in [6.07, 6.45) is 3.06. The van der Waals surface area contributed by atoms with Crippen LogP contribution in [0.2, 0.25) is 0 Å². The topological polar surface area (TPSA) is 47.9 Å². The molecule has 2 aromatic carbocycles. The lowest BCUT2D eigenvalue weighted by Gasteiger charge is -2.07. The largest absolute Gasteiger partial charge is 0.466 e. The van der Waals surface area contributed by atoms with Gasteiger partial charge in [-0.15, -0.1) is 0 Å². The molecule has 132 valence electrons. The van der Waals surface area contributed by atoms with E-state index in [4.69, 9.17) is 9.57 Å². The molecule has 0 saturated carbocycles. The van der Waals surface area contributed by atoms with Crippen LogP contribution in [-0.2, 0) is 14.4 Å². The minimum absolute atomic E-state index is 0.128. The summed E-state index contributed by atoms with van der Waals surface area (Å²) in [7, 11) is 0. The van der Waals surface area contributed by atoms with Gasteiger partial charge in [0, 0.05) is 17.5 Å². The fourth-order valence-corrected chi connectivity index (χ4v) is 2.42. The summed E-state index contributed by atoms with van der Waals surface area (Å²) in [5.74, 6) is -0.128. The molecule has 25 heavy (non-hydrogen) atoms. The van der Waals surface area contributed by atoms with E-state index >= 15 is 0 Å². The van der Waals surface area contributed by atoms with E-state index in [0.717, 1.165) is 36.1 Å². The zero-order valence-corrected chi connectivity index (χ0v) is 14.7. The maximum absolute atomic E-state index is 11.3. The highest BCUT2D eigenvalue weighted by Gasteiger charge is 2.07. The average Bonchev–Trinajstić information content (AvgIpc) is 2.65. The summed E-state index contributed by atoms with van der Waals surface area (Å²) < 4.78 is 4.91. The molecule has 0 unspecified atom stereocenters. The molecule has 4 nitrogen and oxygen atoms in total. The molecule has 0 saturated heterocycles. The number of carbonyl (C=O) groups excluding carboxylic acids is 1. The van der Waals surface area contributed by atoms with Crippen molar-refractivity contribution in [2.45, 2.75) is 32.6 Å². The standard InChI is InChI=1S/C21H25NO3/c1-2-24-20(23)16-10-5-11-17-25-22-21(18-12-6-3-7-13-18)19-14-8-4-9-15-19/h3-4,6-9,12-15H,2,5,10-11,16-17H2,1H3. The van der Waals surface area contributed by atoms with Crippen LogP contribution in [0, 0.1) is 0 Å². The Kier molecular flexibility index (Phi) is 8.25. The van der Waals surface area contributed by atoms with Crippen LogP contribution >= 0.6 is 0 Å². The zero-order valence-electron chi connectivity index (χ0n) is 14.7. The lowest BCUT2D eigenvalue weighted by molar-refractivity contribution is -0.143. The third kappa shape index (κ3) is 6.79. The molecule has 0 heterocycles. The first-order chi connectivity index (χ1) is 12.3. The number of ether oxygens (including phenoxy) is 1. The molecule has 0 aliphatic carbocycles. The summed E-state index contributed by atoms with van der Waals surface area (Å²) in [6.45, 7) is 2.80. The molecule has 0 radical (unpaired) electrons. The molecule has 4 heteroatoms. The number of nitrogens with zero attached hydrogens (tertiary/aromatic N) is 1. The minimum atomic E-state index is -0.128. The van der Waals surface area contributed by atoms with Gasteiger partial charge in [-0.05, 0) is 26.2 Å². The number of rotatable bonds is 10.